The zero-order chi connectivity index (χ0) is 36.4. The van der Waals surface area contributed by atoms with E-state index >= 15 is 4.39 Å². The van der Waals surface area contributed by atoms with Crippen LogP contribution in [0.15, 0.2) is 11.0 Å². The summed E-state index contributed by atoms with van der Waals surface area (Å²) in [5, 5.41) is 2.16. The largest absolute Gasteiger partial charge is 0.456 e. The van der Waals surface area contributed by atoms with E-state index in [1.165, 1.54) is 64.2 Å². The van der Waals surface area contributed by atoms with E-state index in [2.05, 4.69) is 24.1 Å². The number of halogens is 1. The number of unbranched alkanes of at least 4 members (excludes halogenated alkanes) is 18. The third kappa shape index (κ3) is 17.8. The van der Waals surface area contributed by atoms with Crippen LogP contribution in [-0.4, -0.2) is 53.0 Å². The van der Waals surface area contributed by atoms with Gasteiger partial charge in [0.25, 0.3) is 0 Å². The van der Waals surface area contributed by atoms with E-state index in [4.69, 9.17) is 18.9 Å². The summed E-state index contributed by atoms with van der Waals surface area (Å²) in [6.45, 7) is 6.41. The molecule has 0 aliphatic carbocycles. The monoisotopic (exact) mass is 709 g/mol. The highest BCUT2D eigenvalue weighted by atomic mass is 19.1. The van der Waals surface area contributed by atoms with Gasteiger partial charge in [0, 0.05) is 12.8 Å². The molecular weight excluding hydrogens is 645 g/mol. The average molecular weight is 710 g/mol. The van der Waals surface area contributed by atoms with E-state index < -0.39 is 53.8 Å². The van der Waals surface area contributed by atoms with Crippen molar-refractivity contribution in [3.8, 4) is 0 Å². The van der Waals surface area contributed by atoms with E-state index in [-0.39, 0.29) is 26.1 Å². The van der Waals surface area contributed by atoms with Crippen molar-refractivity contribution in [3.05, 3.63) is 22.5 Å². The van der Waals surface area contributed by atoms with Gasteiger partial charge in [0.1, 0.15) is 0 Å². The summed E-state index contributed by atoms with van der Waals surface area (Å²) in [5.74, 6) is -2.56. The van der Waals surface area contributed by atoms with E-state index in [0.29, 0.717) is 19.3 Å². The number of aromatic nitrogens is 2. The lowest BCUT2D eigenvalue weighted by Gasteiger charge is -2.24. The van der Waals surface area contributed by atoms with E-state index in [9.17, 15) is 19.2 Å². The number of rotatable bonds is 28. The predicted octanol–water partition coefficient (Wildman–Crippen LogP) is 9.32. The van der Waals surface area contributed by atoms with Crippen LogP contribution < -0.4 is 11.0 Å². The van der Waals surface area contributed by atoms with Crippen molar-refractivity contribution >= 4 is 23.8 Å². The number of nitrogens with one attached hydrogen (secondary N) is 1. The van der Waals surface area contributed by atoms with Gasteiger partial charge >= 0.3 is 23.7 Å². The first kappa shape index (κ1) is 43.1. The number of anilines is 1. The zero-order valence-electron chi connectivity index (χ0n) is 31.0. The summed E-state index contributed by atoms with van der Waals surface area (Å²) in [6.07, 6.45) is 19.1. The fourth-order valence-electron chi connectivity index (χ4n) is 6.00. The Labute approximate surface area is 298 Å². The molecule has 11 nitrogen and oxygen atoms in total. The Morgan fingerprint density at radius 2 is 1.24 bits per heavy atom. The summed E-state index contributed by atoms with van der Waals surface area (Å²) in [7, 11) is 0. The SMILES string of the molecule is CCCCCCCCCCCC(=O)O[C@H]1[C@H](n2cc(F)c(NC(=O)OCCCCC)nc2=O)OC[C@H]1OC(=O)CCCCCCCCCCC. The second-order valence-electron chi connectivity index (χ2n) is 13.5. The molecule has 0 spiro atoms. The summed E-state index contributed by atoms with van der Waals surface area (Å²) in [6, 6.07) is 0. The number of amides is 1. The number of hydrogen-bond acceptors (Lipinski definition) is 9. The minimum Gasteiger partial charge on any atom is -0.456 e. The van der Waals surface area contributed by atoms with Crippen LogP contribution in [0.25, 0.3) is 0 Å². The Morgan fingerprint density at radius 1 is 0.760 bits per heavy atom. The molecule has 0 radical (unpaired) electrons. The molecule has 0 bridgehead atoms. The number of ether oxygens (including phenoxy) is 4. The molecule has 0 aromatic carbocycles. The highest BCUT2D eigenvalue weighted by molar-refractivity contribution is 5.83. The molecule has 1 aromatic rings. The standard InChI is InChI=1S/C38H64FN3O8/c1-4-7-10-12-14-16-18-20-22-25-32(43)49-31-29-48-36(34(31)50-33(44)26-23-21-19-17-15-13-11-8-5-2)42-28-30(39)35(40-37(42)45)41-38(46)47-27-24-9-6-3/h28,31,34,36H,4-27,29H2,1-3H3,(H,40,41,45,46)/t31-,34-,36-/m1/s1. The lowest BCUT2D eigenvalue weighted by Crippen LogP contribution is -2.40. The highest BCUT2D eigenvalue weighted by Crippen LogP contribution is 2.30. The Hall–Kier alpha value is -3.02. The van der Waals surface area contributed by atoms with Crippen LogP contribution in [-0.2, 0) is 28.5 Å². The van der Waals surface area contributed by atoms with Crippen LogP contribution >= 0.6 is 0 Å². The van der Waals surface area contributed by atoms with Crippen molar-refractivity contribution in [2.45, 2.75) is 187 Å². The van der Waals surface area contributed by atoms with Crippen molar-refractivity contribution < 1.29 is 37.7 Å². The number of carbonyl (C=O) groups is 3. The first-order valence-corrected chi connectivity index (χ1v) is 19.5. The van der Waals surface area contributed by atoms with Gasteiger partial charge in [0.2, 0.25) is 0 Å². The molecule has 1 aliphatic rings. The van der Waals surface area contributed by atoms with Crippen LogP contribution in [0.4, 0.5) is 15.0 Å². The van der Waals surface area contributed by atoms with Gasteiger partial charge in [0.05, 0.1) is 19.4 Å². The summed E-state index contributed by atoms with van der Waals surface area (Å²) >= 11 is 0. The van der Waals surface area contributed by atoms with Gasteiger partial charge in [-0.2, -0.15) is 4.98 Å². The van der Waals surface area contributed by atoms with Gasteiger partial charge in [-0.15, -0.1) is 0 Å². The molecule has 1 saturated heterocycles. The molecule has 50 heavy (non-hydrogen) atoms. The van der Waals surface area contributed by atoms with Crippen molar-refractivity contribution in [3.63, 3.8) is 0 Å². The molecule has 0 unspecified atom stereocenters. The van der Waals surface area contributed by atoms with Crippen LogP contribution in [0.5, 0.6) is 0 Å². The maximum absolute atomic E-state index is 15.1. The Morgan fingerprint density at radius 3 is 1.78 bits per heavy atom. The third-order valence-corrected chi connectivity index (χ3v) is 8.98. The van der Waals surface area contributed by atoms with Gasteiger partial charge in [-0.25, -0.2) is 14.0 Å². The molecule has 1 aliphatic heterocycles. The van der Waals surface area contributed by atoms with Gasteiger partial charge < -0.3 is 18.9 Å². The first-order valence-electron chi connectivity index (χ1n) is 19.5. The predicted molar refractivity (Wildman–Crippen MR) is 191 cm³/mol. The molecule has 286 valence electrons. The lowest BCUT2D eigenvalue weighted by atomic mass is 10.1. The van der Waals surface area contributed by atoms with E-state index in [1.54, 1.807) is 0 Å². The number of hydrogen-bond donors (Lipinski definition) is 1. The Bertz CT molecular complexity index is 1160. The van der Waals surface area contributed by atoms with Crippen LogP contribution in [0.1, 0.15) is 175 Å². The van der Waals surface area contributed by atoms with Gasteiger partial charge in [0.15, 0.2) is 30.1 Å². The minimum atomic E-state index is -1.28. The number of carbonyl (C=O) groups excluding carboxylic acids is 3. The second kappa shape index (κ2) is 26.7. The van der Waals surface area contributed by atoms with Crippen LogP contribution in [0.3, 0.4) is 0 Å². The van der Waals surface area contributed by atoms with Crippen molar-refractivity contribution in [1.82, 2.24) is 9.55 Å². The van der Waals surface area contributed by atoms with E-state index in [1.807, 2.05) is 6.92 Å². The quantitative estimate of drug-likeness (QED) is 0.0513. The first-order chi connectivity index (χ1) is 24.3. The van der Waals surface area contributed by atoms with Gasteiger partial charge in [-0.05, 0) is 19.3 Å². The highest BCUT2D eigenvalue weighted by Gasteiger charge is 2.44. The molecule has 12 heteroatoms. The molecule has 1 N–H and O–H groups in total. The zero-order valence-corrected chi connectivity index (χ0v) is 31.0. The number of esters is 2. The van der Waals surface area contributed by atoms with E-state index in [0.717, 1.165) is 62.1 Å². The maximum atomic E-state index is 15.1. The summed E-state index contributed by atoms with van der Waals surface area (Å²) in [4.78, 5) is 54.6. The Balaban J connectivity index is 1.99. The maximum Gasteiger partial charge on any atom is 0.412 e. The smallest absolute Gasteiger partial charge is 0.412 e. The lowest BCUT2D eigenvalue weighted by molar-refractivity contribution is -0.168. The van der Waals surface area contributed by atoms with Crippen LogP contribution in [0.2, 0.25) is 0 Å². The molecule has 1 fully saturated rings. The van der Waals surface area contributed by atoms with Crippen molar-refractivity contribution in [2.24, 2.45) is 0 Å². The molecular formula is C38H64FN3O8. The molecule has 0 saturated carbocycles. The van der Waals surface area contributed by atoms with Gasteiger partial charge in [-0.1, -0.05) is 136 Å². The second-order valence-corrected chi connectivity index (χ2v) is 13.5. The fraction of sp³-hybridized carbons (Fsp3) is 0.816. The molecule has 3 atom stereocenters. The molecule has 1 aromatic heterocycles. The topological polar surface area (TPSA) is 135 Å². The molecule has 2 heterocycles. The number of nitrogens with zero attached hydrogens (tertiary/aromatic N) is 2. The Kier molecular flexibility index (Phi) is 23.1. The fourth-order valence-corrected chi connectivity index (χ4v) is 6.00. The normalized spacial score (nSPS) is 17.1. The minimum absolute atomic E-state index is 0.151. The average Bonchev–Trinajstić information content (AvgIpc) is 3.47. The molecule has 1 amide bonds. The summed E-state index contributed by atoms with van der Waals surface area (Å²) < 4.78 is 38.3. The van der Waals surface area contributed by atoms with Gasteiger partial charge in [-0.3, -0.25) is 19.5 Å². The van der Waals surface area contributed by atoms with Crippen LogP contribution in [0, 0.1) is 5.82 Å². The van der Waals surface area contributed by atoms with Crippen molar-refractivity contribution in [1.29, 1.82) is 0 Å². The van der Waals surface area contributed by atoms with Crippen molar-refractivity contribution in [2.75, 3.05) is 18.5 Å². The summed E-state index contributed by atoms with van der Waals surface area (Å²) in [5.41, 5.74) is -0.945. The third-order valence-electron chi connectivity index (χ3n) is 8.98. The molecule has 2 rings (SSSR count).